The highest BCUT2D eigenvalue weighted by Gasteiger charge is 2.14. The summed E-state index contributed by atoms with van der Waals surface area (Å²) in [5, 5.41) is 0. The Morgan fingerprint density at radius 2 is 2.10 bits per heavy atom. The molecule has 0 atom stereocenters. The zero-order valence-corrected chi connectivity index (χ0v) is 13.0. The summed E-state index contributed by atoms with van der Waals surface area (Å²) in [5.41, 5.74) is 3.54. The lowest BCUT2D eigenvalue weighted by atomic mass is 10.2. The number of alkyl halides is 1. The third kappa shape index (κ3) is 2.13. The van der Waals surface area contributed by atoms with Gasteiger partial charge in [0.1, 0.15) is 11.6 Å². The molecule has 0 fully saturated rings. The average molecular weight is 354 g/mol. The van der Waals surface area contributed by atoms with Crippen LogP contribution in [0.2, 0.25) is 0 Å². The van der Waals surface area contributed by atoms with Gasteiger partial charge < -0.3 is 0 Å². The van der Waals surface area contributed by atoms with Crippen molar-refractivity contribution in [1.29, 1.82) is 0 Å². The third-order valence-corrected chi connectivity index (χ3v) is 4.38. The van der Waals surface area contributed by atoms with Crippen molar-refractivity contribution in [1.82, 2.24) is 9.55 Å². The van der Waals surface area contributed by atoms with E-state index in [1.165, 1.54) is 12.1 Å². The van der Waals surface area contributed by atoms with E-state index >= 15 is 0 Å². The van der Waals surface area contributed by atoms with Gasteiger partial charge in [-0.05, 0) is 36.8 Å². The number of rotatable bonds is 2. The smallest absolute Gasteiger partial charge is 0.129 e. The summed E-state index contributed by atoms with van der Waals surface area (Å²) >= 11 is 9.52. The number of nitrogens with zero attached hydrogens (tertiary/aromatic N) is 2. The molecule has 2 aromatic carbocycles. The fraction of sp³-hybridized carbons (Fsp3) is 0.133. The first-order valence-corrected chi connectivity index (χ1v) is 7.43. The number of hydrogen-bond acceptors (Lipinski definition) is 1. The highest BCUT2D eigenvalue weighted by molar-refractivity contribution is 9.10. The first-order valence-electron chi connectivity index (χ1n) is 6.10. The van der Waals surface area contributed by atoms with Crippen LogP contribution in [-0.2, 0) is 5.88 Å². The van der Waals surface area contributed by atoms with Gasteiger partial charge in [0.15, 0.2) is 0 Å². The lowest BCUT2D eigenvalue weighted by molar-refractivity contribution is 0.629. The van der Waals surface area contributed by atoms with Crippen molar-refractivity contribution in [3.8, 4) is 5.69 Å². The standard InChI is InChI=1S/C15H11BrClFN2/c1-9-11(16)3-2-4-13(9)20-14-6-5-10(18)7-12(14)19-15(20)8-17/h2-7H,8H2,1H3. The van der Waals surface area contributed by atoms with E-state index in [9.17, 15) is 4.39 Å². The molecule has 0 bridgehead atoms. The molecule has 3 aromatic rings. The number of aromatic nitrogens is 2. The molecule has 102 valence electrons. The highest BCUT2D eigenvalue weighted by atomic mass is 79.9. The molecule has 0 N–H and O–H groups in total. The van der Waals surface area contributed by atoms with Gasteiger partial charge in [0.25, 0.3) is 0 Å². The van der Waals surface area contributed by atoms with Gasteiger partial charge in [-0.25, -0.2) is 9.37 Å². The van der Waals surface area contributed by atoms with Crippen molar-refractivity contribution in [2.45, 2.75) is 12.8 Å². The highest BCUT2D eigenvalue weighted by Crippen LogP contribution is 2.28. The van der Waals surface area contributed by atoms with E-state index in [2.05, 4.69) is 20.9 Å². The maximum absolute atomic E-state index is 13.3. The Kier molecular flexibility index (Phi) is 3.52. The quantitative estimate of drug-likeness (QED) is 0.594. The van der Waals surface area contributed by atoms with E-state index < -0.39 is 0 Å². The molecule has 5 heteroatoms. The minimum Gasteiger partial charge on any atom is -0.295 e. The molecule has 0 aliphatic rings. The number of imidazole rings is 1. The maximum Gasteiger partial charge on any atom is 0.129 e. The molecule has 1 heterocycles. The Hall–Kier alpha value is -1.39. The van der Waals surface area contributed by atoms with Crippen LogP contribution >= 0.6 is 27.5 Å². The summed E-state index contributed by atoms with van der Waals surface area (Å²) < 4.78 is 16.3. The molecular weight excluding hydrogens is 343 g/mol. The second-order valence-electron chi connectivity index (χ2n) is 4.51. The van der Waals surface area contributed by atoms with Crippen LogP contribution < -0.4 is 0 Å². The van der Waals surface area contributed by atoms with Crippen molar-refractivity contribution in [2.75, 3.05) is 0 Å². The van der Waals surface area contributed by atoms with Crippen LogP contribution in [-0.4, -0.2) is 9.55 Å². The molecule has 0 aliphatic heterocycles. The summed E-state index contributed by atoms with van der Waals surface area (Å²) in [5.74, 6) is 0.671. The Bertz CT molecular complexity index is 798. The van der Waals surface area contributed by atoms with Gasteiger partial charge in [-0.15, -0.1) is 11.6 Å². The molecule has 0 radical (unpaired) electrons. The van der Waals surface area contributed by atoms with E-state index in [1.54, 1.807) is 6.07 Å². The Morgan fingerprint density at radius 1 is 1.30 bits per heavy atom. The van der Waals surface area contributed by atoms with Crippen molar-refractivity contribution in [3.63, 3.8) is 0 Å². The third-order valence-electron chi connectivity index (χ3n) is 3.29. The first kappa shape index (κ1) is 13.6. The minimum absolute atomic E-state index is 0.266. The van der Waals surface area contributed by atoms with Gasteiger partial charge in [-0.2, -0.15) is 0 Å². The fourth-order valence-electron chi connectivity index (χ4n) is 2.30. The summed E-state index contributed by atoms with van der Waals surface area (Å²) in [6, 6.07) is 10.5. The molecule has 0 aliphatic carbocycles. The largest absolute Gasteiger partial charge is 0.295 e. The molecular formula is C15H11BrClFN2. The van der Waals surface area contributed by atoms with Gasteiger partial charge in [-0.3, -0.25) is 4.57 Å². The summed E-state index contributed by atoms with van der Waals surface area (Å²) in [6.45, 7) is 2.02. The zero-order chi connectivity index (χ0) is 14.3. The molecule has 0 amide bonds. The Balaban J connectivity index is 2.37. The lowest BCUT2D eigenvalue weighted by Gasteiger charge is -2.12. The Labute approximate surface area is 129 Å². The van der Waals surface area contributed by atoms with Crippen LogP contribution in [0.5, 0.6) is 0 Å². The summed E-state index contributed by atoms with van der Waals surface area (Å²) in [4.78, 5) is 4.41. The zero-order valence-electron chi connectivity index (χ0n) is 10.7. The normalized spacial score (nSPS) is 11.2. The minimum atomic E-state index is -0.297. The molecule has 0 saturated carbocycles. The molecule has 0 spiro atoms. The molecule has 20 heavy (non-hydrogen) atoms. The second kappa shape index (κ2) is 5.19. The number of hydrogen-bond donors (Lipinski definition) is 0. The van der Waals surface area contributed by atoms with Crippen LogP contribution in [0.15, 0.2) is 40.9 Å². The van der Waals surface area contributed by atoms with Crippen LogP contribution in [0.4, 0.5) is 4.39 Å². The first-order chi connectivity index (χ1) is 9.61. The predicted molar refractivity (Wildman–Crippen MR) is 83.0 cm³/mol. The number of fused-ring (bicyclic) bond motifs is 1. The van der Waals surface area contributed by atoms with Gasteiger partial charge >= 0.3 is 0 Å². The van der Waals surface area contributed by atoms with Gasteiger partial charge in [0.05, 0.1) is 22.6 Å². The lowest BCUT2D eigenvalue weighted by Crippen LogP contribution is -2.01. The molecule has 0 unspecified atom stereocenters. The van der Waals surface area contributed by atoms with Crippen LogP contribution in [0, 0.1) is 12.7 Å². The Morgan fingerprint density at radius 3 is 2.85 bits per heavy atom. The van der Waals surface area contributed by atoms with E-state index in [4.69, 9.17) is 11.6 Å². The predicted octanol–water partition coefficient (Wildman–Crippen LogP) is 4.97. The molecule has 2 nitrogen and oxygen atoms in total. The molecule has 3 rings (SSSR count). The maximum atomic E-state index is 13.3. The van der Waals surface area contributed by atoms with Crippen molar-refractivity contribution < 1.29 is 4.39 Å². The molecule has 1 aromatic heterocycles. The average Bonchev–Trinajstić information content (AvgIpc) is 2.79. The van der Waals surface area contributed by atoms with Gasteiger partial charge in [-0.1, -0.05) is 22.0 Å². The topological polar surface area (TPSA) is 17.8 Å². The van der Waals surface area contributed by atoms with Crippen molar-refractivity contribution in [2.24, 2.45) is 0 Å². The summed E-state index contributed by atoms with van der Waals surface area (Å²) in [6.07, 6.45) is 0. The SMILES string of the molecule is Cc1c(Br)cccc1-n1c(CCl)nc2cc(F)ccc21. The number of benzene rings is 2. The van der Waals surface area contributed by atoms with Crippen LogP contribution in [0.3, 0.4) is 0 Å². The summed E-state index contributed by atoms with van der Waals surface area (Å²) in [7, 11) is 0. The van der Waals surface area contributed by atoms with Crippen molar-refractivity contribution >= 4 is 38.6 Å². The van der Waals surface area contributed by atoms with E-state index in [0.29, 0.717) is 11.3 Å². The van der Waals surface area contributed by atoms with E-state index in [1.807, 2.05) is 29.7 Å². The van der Waals surface area contributed by atoms with Crippen LogP contribution in [0.25, 0.3) is 16.7 Å². The van der Waals surface area contributed by atoms with E-state index in [0.717, 1.165) is 21.2 Å². The fourth-order valence-corrected chi connectivity index (χ4v) is 2.84. The van der Waals surface area contributed by atoms with Gasteiger partial charge in [0, 0.05) is 10.5 Å². The number of halogens is 3. The van der Waals surface area contributed by atoms with Crippen molar-refractivity contribution in [3.05, 3.63) is 58.1 Å². The second-order valence-corrected chi connectivity index (χ2v) is 5.64. The van der Waals surface area contributed by atoms with E-state index in [-0.39, 0.29) is 11.7 Å². The monoisotopic (exact) mass is 352 g/mol. The van der Waals surface area contributed by atoms with Gasteiger partial charge in [0.2, 0.25) is 0 Å². The van der Waals surface area contributed by atoms with Crippen LogP contribution in [0.1, 0.15) is 11.4 Å². The molecule has 0 saturated heterocycles.